The van der Waals surface area contributed by atoms with Gasteiger partial charge in [-0.1, -0.05) is 44.0 Å². The van der Waals surface area contributed by atoms with Crippen LogP contribution in [0.5, 0.6) is 0 Å². The Balaban J connectivity index is 2.20. The highest BCUT2D eigenvalue weighted by Gasteiger charge is 2.22. The molecule has 0 radical (unpaired) electrons. The first-order valence-corrected chi connectivity index (χ1v) is 8.75. The van der Waals surface area contributed by atoms with E-state index in [-0.39, 0.29) is 5.78 Å². The molecule has 2 unspecified atom stereocenters. The lowest BCUT2D eigenvalue weighted by atomic mass is 10.1. The van der Waals surface area contributed by atoms with Crippen LogP contribution in [0.1, 0.15) is 17.3 Å². The molecule has 0 fully saturated rings. The van der Waals surface area contributed by atoms with Gasteiger partial charge < -0.3 is 0 Å². The van der Waals surface area contributed by atoms with Gasteiger partial charge in [0.1, 0.15) is 0 Å². The Morgan fingerprint density at radius 1 is 0.950 bits per heavy atom. The van der Waals surface area contributed by atoms with E-state index >= 15 is 0 Å². The number of halogens is 2. The second-order valence-corrected chi connectivity index (χ2v) is 7.87. The summed E-state index contributed by atoms with van der Waals surface area (Å²) in [5.74, 6) is -0.112. The molecule has 0 amide bonds. The van der Waals surface area contributed by atoms with Gasteiger partial charge in [0, 0.05) is 19.4 Å². The number of hydrogen-bond donors (Lipinski definition) is 0. The first kappa shape index (κ1) is 15.6. The maximum Gasteiger partial charge on any atom is 0.178 e. The summed E-state index contributed by atoms with van der Waals surface area (Å²) in [5.41, 5.74) is 0.575. The highest BCUT2D eigenvalue weighted by atomic mass is 79.9. The average Bonchev–Trinajstić information content (AvgIpc) is 2.46. The molecular formula is C15H12Br2O2S. The molecule has 2 aromatic rings. The minimum Gasteiger partial charge on any atom is -0.293 e. The number of ketones is 1. The van der Waals surface area contributed by atoms with Crippen LogP contribution >= 0.6 is 31.9 Å². The van der Waals surface area contributed by atoms with Gasteiger partial charge in [0.15, 0.2) is 5.78 Å². The van der Waals surface area contributed by atoms with E-state index in [1.807, 2.05) is 24.3 Å². The molecule has 0 spiro atoms. The molecule has 0 bridgehead atoms. The summed E-state index contributed by atoms with van der Waals surface area (Å²) in [6.07, 6.45) is 0. The molecule has 0 N–H and O–H groups in total. The Hall–Kier alpha value is -0.780. The lowest BCUT2D eigenvalue weighted by molar-refractivity contribution is 0.0992. The summed E-state index contributed by atoms with van der Waals surface area (Å²) >= 11 is 6.66. The van der Waals surface area contributed by atoms with Crippen molar-refractivity contribution in [3.05, 3.63) is 63.0 Å². The summed E-state index contributed by atoms with van der Waals surface area (Å²) in [6, 6.07) is 14.3. The highest BCUT2D eigenvalue weighted by Crippen LogP contribution is 2.19. The second kappa shape index (κ2) is 6.78. The molecular weight excluding hydrogens is 404 g/mol. The SMILES string of the molecule is CC(C(=O)c1ccc(Br)cc1)S(=O)c1ccc(Br)cc1. The summed E-state index contributed by atoms with van der Waals surface area (Å²) in [4.78, 5) is 13.0. The van der Waals surface area contributed by atoms with Crippen LogP contribution in [-0.2, 0) is 10.8 Å². The molecule has 20 heavy (non-hydrogen) atoms. The third-order valence-corrected chi connectivity index (χ3v) is 5.52. The standard InChI is InChI=1S/C15H12Br2O2S/c1-10(15(18)11-2-4-12(16)5-3-11)20(19)14-8-6-13(17)7-9-14/h2-10H,1H3. The van der Waals surface area contributed by atoms with Gasteiger partial charge in [-0.2, -0.15) is 0 Å². The van der Waals surface area contributed by atoms with E-state index in [0.717, 1.165) is 8.95 Å². The Kier molecular flexibility index (Phi) is 5.29. The molecule has 0 aromatic heterocycles. The molecule has 2 aromatic carbocycles. The topological polar surface area (TPSA) is 34.1 Å². The Bertz CT molecular complexity index is 578. The number of carbonyl (C=O) groups excluding carboxylic acids is 1. The third-order valence-electron chi connectivity index (χ3n) is 2.87. The molecule has 0 aliphatic carbocycles. The normalized spacial score (nSPS) is 13.8. The molecule has 0 saturated carbocycles. The molecule has 0 aliphatic rings. The van der Waals surface area contributed by atoms with Crippen LogP contribution in [0.2, 0.25) is 0 Å². The van der Waals surface area contributed by atoms with Gasteiger partial charge in [-0.3, -0.25) is 9.00 Å². The van der Waals surface area contributed by atoms with Crippen molar-refractivity contribution in [2.75, 3.05) is 0 Å². The molecule has 0 saturated heterocycles. The van der Waals surface area contributed by atoms with E-state index in [2.05, 4.69) is 31.9 Å². The van der Waals surface area contributed by atoms with Gasteiger partial charge in [-0.25, -0.2) is 0 Å². The van der Waals surface area contributed by atoms with Gasteiger partial charge in [-0.05, 0) is 43.3 Å². The zero-order chi connectivity index (χ0) is 14.7. The quantitative estimate of drug-likeness (QED) is 0.684. The molecule has 2 rings (SSSR count). The van der Waals surface area contributed by atoms with E-state index in [0.29, 0.717) is 10.5 Å². The Labute approximate surface area is 137 Å². The fourth-order valence-electron chi connectivity index (χ4n) is 1.72. The summed E-state index contributed by atoms with van der Waals surface area (Å²) in [6.45, 7) is 1.70. The van der Waals surface area contributed by atoms with Crippen LogP contribution in [0.4, 0.5) is 0 Å². The second-order valence-electron chi connectivity index (χ2n) is 4.26. The van der Waals surface area contributed by atoms with E-state index in [1.54, 1.807) is 31.2 Å². The molecule has 2 atom stereocenters. The number of Topliss-reactive ketones (excluding diaryl/α,β-unsaturated/α-hetero) is 1. The maximum atomic E-state index is 12.4. The lowest BCUT2D eigenvalue weighted by Gasteiger charge is -2.11. The number of carbonyl (C=O) groups is 1. The Morgan fingerprint density at radius 2 is 1.40 bits per heavy atom. The summed E-state index contributed by atoms with van der Waals surface area (Å²) < 4.78 is 14.2. The molecule has 5 heteroatoms. The third kappa shape index (κ3) is 3.65. The van der Waals surface area contributed by atoms with Crippen molar-refractivity contribution in [1.82, 2.24) is 0 Å². The molecule has 2 nitrogen and oxygen atoms in total. The maximum absolute atomic E-state index is 12.4. The van der Waals surface area contributed by atoms with Crippen molar-refractivity contribution in [2.45, 2.75) is 17.1 Å². The number of rotatable bonds is 4. The van der Waals surface area contributed by atoms with Gasteiger partial charge in [0.2, 0.25) is 0 Å². The van der Waals surface area contributed by atoms with Crippen molar-refractivity contribution < 1.29 is 9.00 Å². The van der Waals surface area contributed by atoms with Crippen LogP contribution in [0, 0.1) is 0 Å². The highest BCUT2D eigenvalue weighted by molar-refractivity contribution is 9.10. The lowest BCUT2D eigenvalue weighted by Crippen LogP contribution is -2.22. The fraction of sp³-hybridized carbons (Fsp3) is 0.133. The fourth-order valence-corrected chi connectivity index (χ4v) is 3.39. The van der Waals surface area contributed by atoms with Crippen molar-refractivity contribution in [1.29, 1.82) is 0 Å². The first-order chi connectivity index (χ1) is 9.49. The van der Waals surface area contributed by atoms with Crippen molar-refractivity contribution in [3.63, 3.8) is 0 Å². The van der Waals surface area contributed by atoms with E-state index in [4.69, 9.17) is 0 Å². The van der Waals surface area contributed by atoms with Crippen LogP contribution in [0.25, 0.3) is 0 Å². The zero-order valence-electron chi connectivity index (χ0n) is 10.7. The minimum atomic E-state index is -1.35. The largest absolute Gasteiger partial charge is 0.293 e. The zero-order valence-corrected chi connectivity index (χ0v) is 14.7. The Morgan fingerprint density at radius 3 is 1.90 bits per heavy atom. The minimum absolute atomic E-state index is 0.112. The van der Waals surface area contributed by atoms with Gasteiger partial charge >= 0.3 is 0 Å². The van der Waals surface area contributed by atoms with Crippen molar-refractivity contribution in [3.8, 4) is 0 Å². The average molecular weight is 416 g/mol. The van der Waals surface area contributed by atoms with Crippen LogP contribution in [0.15, 0.2) is 62.4 Å². The predicted octanol–water partition coefficient (Wildman–Crippen LogP) is 4.59. The van der Waals surface area contributed by atoms with Gasteiger partial charge in [0.05, 0.1) is 16.0 Å². The van der Waals surface area contributed by atoms with E-state index in [1.165, 1.54) is 0 Å². The van der Waals surface area contributed by atoms with E-state index < -0.39 is 16.0 Å². The monoisotopic (exact) mass is 414 g/mol. The van der Waals surface area contributed by atoms with Crippen LogP contribution in [-0.4, -0.2) is 15.2 Å². The van der Waals surface area contributed by atoms with Crippen molar-refractivity contribution in [2.24, 2.45) is 0 Å². The van der Waals surface area contributed by atoms with Crippen LogP contribution < -0.4 is 0 Å². The summed E-state index contributed by atoms with van der Waals surface area (Å²) in [5, 5.41) is -0.572. The predicted molar refractivity (Wildman–Crippen MR) is 88.5 cm³/mol. The molecule has 104 valence electrons. The van der Waals surface area contributed by atoms with Crippen molar-refractivity contribution >= 4 is 48.4 Å². The summed E-state index contributed by atoms with van der Waals surface area (Å²) in [7, 11) is -1.35. The number of hydrogen-bond acceptors (Lipinski definition) is 2. The van der Waals surface area contributed by atoms with Gasteiger partial charge in [-0.15, -0.1) is 0 Å². The first-order valence-electron chi connectivity index (χ1n) is 5.95. The molecule has 0 heterocycles. The van der Waals surface area contributed by atoms with Gasteiger partial charge in [0.25, 0.3) is 0 Å². The number of benzene rings is 2. The molecule has 0 aliphatic heterocycles. The van der Waals surface area contributed by atoms with E-state index in [9.17, 15) is 9.00 Å². The van der Waals surface area contributed by atoms with Crippen LogP contribution in [0.3, 0.4) is 0 Å². The smallest absolute Gasteiger partial charge is 0.178 e.